The molecule has 0 saturated heterocycles. The molecule has 294 valence electrons. The lowest BCUT2D eigenvalue weighted by atomic mass is 9.72. The Morgan fingerprint density at radius 3 is 2.29 bits per heavy atom. The number of hydrogen-bond donors (Lipinski definition) is 5. The van der Waals surface area contributed by atoms with Crippen molar-refractivity contribution in [3.05, 3.63) is 101 Å². The van der Waals surface area contributed by atoms with Crippen LogP contribution in [0.2, 0.25) is 0 Å². The molecule has 5 aromatic carbocycles. The molecule has 2 aliphatic heterocycles. The molecule has 5 N–H and O–H groups in total. The molecule has 0 radical (unpaired) electrons. The predicted octanol–water partition coefficient (Wildman–Crippen LogP) is 8.51. The number of benzene rings is 5. The van der Waals surface area contributed by atoms with Crippen LogP contribution in [-0.2, 0) is 11.2 Å². The fraction of sp³-hybridized carbons (Fsp3) is 0.391. The van der Waals surface area contributed by atoms with E-state index in [-0.39, 0.29) is 30.0 Å². The maximum absolute atomic E-state index is 12.5. The van der Waals surface area contributed by atoms with Crippen LogP contribution in [0.1, 0.15) is 79.4 Å². The van der Waals surface area contributed by atoms with E-state index in [0.717, 1.165) is 58.7 Å². The molecule has 10 heteroatoms. The Morgan fingerprint density at radius 2 is 1.50 bits per heavy atom. The Bertz CT molecular complexity index is 2190. The van der Waals surface area contributed by atoms with Crippen molar-refractivity contribution in [1.29, 1.82) is 0 Å². The van der Waals surface area contributed by atoms with Gasteiger partial charge in [-0.2, -0.15) is 0 Å². The van der Waals surface area contributed by atoms with Gasteiger partial charge in [-0.15, -0.1) is 0 Å². The number of aliphatic hydroxyl groups is 2. The fourth-order valence-electron chi connectivity index (χ4n) is 9.05. The molecule has 1 saturated carbocycles. The predicted molar refractivity (Wildman–Crippen MR) is 212 cm³/mol. The zero-order chi connectivity index (χ0) is 38.9. The zero-order valence-electron chi connectivity index (χ0n) is 31.8. The monoisotopic (exact) mass is 762 g/mol. The largest absolute Gasteiger partial charge is 0.508 e. The summed E-state index contributed by atoms with van der Waals surface area (Å²) in [5.41, 5.74) is 4.29. The molecule has 2 heterocycles. The van der Waals surface area contributed by atoms with Crippen molar-refractivity contribution in [1.82, 2.24) is 0 Å². The SMILES string of the molecule is COCCC[C@@H]1Oc2c(cc(OC3CCCCC3)c3cc(O)ccc23)[C@H](O)[C@@H]1[C@@H]1COc2c(Cc3cc(O)ccc3-c3cccc(O)c3)cc(OC)cc2[C@H]1O. The van der Waals surface area contributed by atoms with Crippen molar-refractivity contribution < 1.29 is 49.2 Å². The summed E-state index contributed by atoms with van der Waals surface area (Å²) in [6, 6.07) is 22.8. The van der Waals surface area contributed by atoms with Crippen LogP contribution in [0, 0.1) is 11.8 Å². The molecule has 1 aliphatic carbocycles. The number of ether oxygens (including phenoxy) is 5. The summed E-state index contributed by atoms with van der Waals surface area (Å²) < 4.78 is 31.3. The zero-order valence-corrected chi connectivity index (χ0v) is 31.8. The van der Waals surface area contributed by atoms with Gasteiger partial charge in [-0.1, -0.05) is 24.6 Å². The first-order chi connectivity index (χ1) is 27.2. The Kier molecular flexibility index (Phi) is 10.9. The molecule has 3 aliphatic rings. The maximum atomic E-state index is 12.5. The highest BCUT2D eigenvalue weighted by Crippen LogP contribution is 2.54. The van der Waals surface area contributed by atoms with Crippen LogP contribution in [0.4, 0.5) is 0 Å². The Balaban J connectivity index is 1.17. The van der Waals surface area contributed by atoms with Crippen molar-refractivity contribution in [3.63, 3.8) is 0 Å². The van der Waals surface area contributed by atoms with Crippen molar-refractivity contribution >= 4 is 10.8 Å². The van der Waals surface area contributed by atoms with Crippen LogP contribution < -0.4 is 18.9 Å². The van der Waals surface area contributed by atoms with Gasteiger partial charge < -0.3 is 49.2 Å². The summed E-state index contributed by atoms with van der Waals surface area (Å²) in [4.78, 5) is 0. The topological polar surface area (TPSA) is 147 Å². The fourth-order valence-corrected chi connectivity index (χ4v) is 9.05. The molecule has 0 amide bonds. The Labute approximate surface area is 326 Å². The van der Waals surface area contributed by atoms with E-state index in [2.05, 4.69) is 0 Å². The highest BCUT2D eigenvalue weighted by molar-refractivity contribution is 5.96. The number of phenolic OH excluding ortho intramolecular Hbond substituents is 3. The number of aromatic hydroxyl groups is 3. The van der Waals surface area contributed by atoms with E-state index < -0.39 is 30.1 Å². The van der Waals surface area contributed by atoms with E-state index in [1.807, 2.05) is 30.3 Å². The Morgan fingerprint density at radius 1 is 0.732 bits per heavy atom. The average molecular weight is 763 g/mol. The molecule has 5 atom stereocenters. The highest BCUT2D eigenvalue weighted by atomic mass is 16.5. The third-order valence-corrected chi connectivity index (χ3v) is 11.8. The first kappa shape index (κ1) is 37.7. The lowest BCUT2D eigenvalue weighted by molar-refractivity contribution is -0.0884. The maximum Gasteiger partial charge on any atom is 0.133 e. The van der Waals surface area contributed by atoms with Crippen molar-refractivity contribution in [2.24, 2.45) is 11.8 Å². The van der Waals surface area contributed by atoms with Crippen LogP contribution in [-0.4, -0.2) is 65.2 Å². The smallest absolute Gasteiger partial charge is 0.133 e. The summed E-state index contributed by atoms with van der Waals surface area (Å²) in [7, 11) is 3.23. The number of phenols is 3. The minimum Gasteiger partial charge on any atom is -0.508 e. The summed E-state index contributed by atoms with van der Waals surface area (Å²) in [5, 5.41) is 57.6. The van der Waals surface area contributed by atoms with Gasteiger partial charge in [0.25, 0.3) is 0 Å². The molecule has 8 rings (SSSR count). The first-order valence-corrected chi connectivity index (χ1v) is 19.6. The second-order valence-corrected chi connectivity index (χ2v) is 15.4. The third-order valence-electron chi connectivity index (χ3n) is 11.8. The molecule has 10 nitrogen and oxygen atoms in total. The quantitative estimate of drug-likeness (QED) is 0.0830. The molecular weight excluding hydrogens is 712 g/mol. The average Bonchev–Trinajstić information content (AvgIpc) is 3.19. The molecule has 0 aromatic heterocycles. The first-order valence-electron chi connectivity index (χ1n) is 19.6. The third kappa shape index (κ3) is 7.41. The summed E-state index contributed by atoms with van der Waals surface area (Å²) >= 11 is 0. The van der Waals surface area contributed by atoms with E-state index in [9.17, 15) is 25.5 Å². The van der Waals surface area contributed by atoms with Gasteiger partial charge in [0, 0.05) is 59.4 Å². The van der Waals surface area contributed by atoms with Gasteiger partial charge in [-0.3, -0.25) is 0 Å². The number of methoxy groups -OCH3 is 2. The molecule has 0 unspecified atom stereocenters. The van der Waals surface area contributed by atoms with Gasteiger partial charge in [0.1, 0.15) is 46.4 Å². The van der Waals surface area contributed by atoms with Gasteiger partial charge in [0.2, 0.25) is 0 Å². The molecule has 0 spiro atoms. The standard InChI is InChI=1S/C46H50O10/c1-52-17-7-12-40-42(44(51)38-24-41(55-32-10-4-3-5-11-32)36-22-31(49)14-16-35(36)46(38)56-40)39-25-54-45-28(21-33(53-2)23-37(45)43(39)50)18-27-20-30(48)13-15-34(27)26-8-6-9-29(47)19-26/h6,8-9,13-16,19-24,32,39-40,42-44,47-51H,3-5,7,10-12,17-18,25H2,1-2H3/t39-,40-,42+,43+,44-/m0/s1. The van der Waals surface area contributed by atoms with Crippen LogP contribution >= 0.6 is 0 Å². The van der Waals surface area contributed by atoms with Gasteiger partial charge >= 0.3 is 0 Å². The van der Waals surface area contributed by atoms with E-state index in [0.29, 0.717) is 60.0 Å². The second-order valence-electron chi connectivity index (χ2n) is 15.4. The number of rotatable bonds is 11. The van der Waals surface area contributed by atoms with Gasteiger partial charge in [-0.25, -0.2) is 0 Å². The molecule has 0 bridgehead atoms. The van der Waals surface area contributed by atoms with Gasteiger partial charge in [-0.05, 0) is 116 Å². The van der Waals surface area contributed by atoms with Crippen LogP contribution in [0.5, 0.6) is 40.2 Å². The lowest BCUT2D eigenvalue weighted by Crippen LogP contribution is -2.46. The van der Waals surface area contributed by atoms with E-state index in [1.54, 1.807) is 62.8 Å². The van der Waals surface area contributed by atoms with Crippen LogP contribution in [0.15, 0.2) is 78.9 Å². The number of aliphatic hydroxyl groups excluding tert-OH is 2. The summed E-state index contributed by atoms with van der Waals surface area (Å²) in [6.07, 6.45) is 4.28. The minimum absolute atomic E-state index is 0.0385. The van der Waals surface area contributed by atoms with E-state index >= 15 is 0 Å². The molecule has 5 aromatic rings. The normalized spacial score (nSPS) is 22.1. The summed E-state index contributed by atoms with van der Waals surface area (Å²) in [6.45, 7) is 0.617. The van der Waals surface area contributed by atoms with Crippen LogP contribution in [0.25, 0.3) is 21.9 Å². The van der Waals surface area contributed by atoms with Gasteiger partial charge in [0.15, 0.2) is 0 Å². The number of fused-ring (bicyclic) bond motifs is 4. The van der Waals surface area contributed by atoms with Crippen LogP contribution in [0.3, 0.4) is 0 Å². The Hall–Kier alpha value is -5.16. The highest BCUT2D eigenvalue weighted by Gasteiger charge is 2.48. The second kappa shape index (κ2) is 16.1. The lowest BCUT2D eigenvalue weighted by Gasteiger charge is -2.45. The molecular formula is C46H50O10. The molecule has 56 heavy (non-hydrogen) atoms. The van der Waals surface area contributed by atoms with Gasteiger partial charge in [0.05, 0.1) is 32.0 Å². The van der Waals surface area contributed by atoms with E-state index in [1.165, 1.54) is 6.42 Å². The van der Waals surface area contributed by atoms with Crippen molar-refractivity contribution in [2.45, 2.75) is 75.8 Å². The minimum atomic E-state index is -1.05. The van der Waals surface area contributed by atoms with Crippen molar-refractivity contribution in [3.8, 4) is 51.4 Å². The molecule has 1 fully saturated rings. The number of hydrogen-bond acceptors (Lipinski definition) is 10. The summed E-state index contributed by atoms with van der Waals surface area (Å²) in [5.74, 6) is 1.41. The van der Waals surface area contributed by atoms with Crippen molar-refractivity contribution in [2.75, 3.05) is 27.4 Å². The van der Waals surface area contributed by atoms with E-state index in [4.69, 9.17) is 23.7 Å².